The maximum absolute atomic E-state index is 13.3. The molecule has 1 fully saturated rings. The molecule has 0 unspecified atom stereocenters. The molecule has 2 aromatic carbocycles. The third-order valence-corrected chi connectivity index (χ3v) is 6.85. The number of carbonyl (C=O) groups is 1. The first-order valence-electron chi connectivity index (χ1n) is 10.1. The molecule has 1 aliphatic rings. The number of hydrogen-bond donors (Lipinski definition) is 0. The average molecular weight is 432 g/mol. The second kappa shape index (κ2) is 8.78. The highest BCUT2D eigenvalue weighted by Gasteiger charge is 2.44. The van der Waals surface area contributed by atoms with Crippen LogP contribution in [0.2, 0.25) is 0 Å². The lowest BCUT2D eigenvalue weighted by Gasteiger charge is -2.24. The number of esters is 1. The van der Waals surface area contributed by atoms with Crippen molar-refractivity contribution in [1.82, 2.24) is 4.31 Å². The molecule has 6 nitrogen and oxygen atoms in total. The molecule has 2 atom stereocenters. The van der Waals surface area contributed by atoms with Gasteiger partial charge >= 0.3 is 5.97 Å². The number of sulfonamides is 1. The Morgan fingerprint density at radius 1 is 1.07 bits per heavy atom. The van der Waals surface area contributed by atoms with Crippen molar-refractivity contribution < 1.29 is 22.7 Å². The third-order valence-electron chi connectivity index (χ3n) is 4.92. The molecule has 0 bridgehead atoms. The van der Waals surface area contributed by atoms with Gasteiger partial charge in [0.2, 0.25) is 10.0 Å². The molecule has 1 heterocycles. The first kappa shape index (κ1) is 22.3. The fraction of sp³-hybridized carbons (Fsp3) is 0.435. The van der Waals surface area contributed by atoms with Gasteiger partial charge in [0.25, 0.3) is 0 Å². The maximum Gasteiger partial charge on any atom is 0.310 e. The zero-order valence-corrected chi connectivity index (χ0v) is 18.7. The van der Waals surface area contributed by atoms with Gasteiger partial charge in [-0.15, -0.1) is 0 Å². The molecule has 0 amide bonds. The normalized spacial score (nSPS) is 20.1. The summed E-state index contributed by atoms with van der Waals surface area (Å²) in [6.07, 6.45) is 0.354. The van der Waals surface area contributed by atoms with Crippen LogP contribution in [0.25, 0.3) is 0 Å². The van der Waals surface area contributed by atoms with Gasteiger partial charge < -0.3 is 9.47 Å². The van der Waals surface area contributed by atoms with Crippen LogP contribution in [0.1, 0.15) is 32.8 Å². The van der Waals surface area contributed by atoms with Crippen molar-refractivity contribution in [3.8, 4) is 5.75 Å². The Morgan fingerprint density at radius 2 is 1.70 bits per heavy atom. The topological polar surface area (TPSA) is 72.9 Å². The van der Waals surface area contributed by atoms with E-state index in [0.717, 1.165) is 5.56 Å². The van der Waals surface area contributed by atoms with Crippen molar-refractivity contribution in [2.24, 2.45) is 5.92 Å². The van der Waals surface area contributed by atoms with Crippen LogP contribution >= 0.6 is 0 Å². The number of aryl methyl sites for hydroxylation is 1. The van der Waals surface area contributed by atoms with E-state index in [4.69, 9.17) is 9.47 Å². The van der Waals surface area contributed by atoms with Crippen LogP contribution in [0.4, 0.5) is 0 Å². The van der Waals surface area contributed by atoms with Crippen molar-refractivity contribution in [2.45, 2.75) is 50.7 Å². The van der Waals surface area contributed by atoms with E-state index in [9.17, 15) is 13.2 Å². The smallest absolute Gasteiger partial charge is 0.310 e. The lowest BCUT2D eigenvalue weighted by atomic mass is 10.1. The monoisotopic (exact) mass is 431 g/mol. The molecule has 1 aliphatic heterocycles. The molecule has 2 aromatic rings. The van der Waals surface area contributed by atoms with E-state index in [1.807, 2.05) is 37.3 Å². The molecule has 0 radical (unpaired) electrons. The lowest BCUT2D eigenvalue weighted by Crippen LogP contribution is -2.39. The minimum Gasteiger partial charge on any atom is -0.492 e. The van der Waals surface area contributed by atoms with Gasteiger partial charge in [0.1, 0.15) is 18.0 Å². The van der Waals surface area contributed by atoms with Crippen LogP contribution in [0.15, 0.2) is 59.5 Å². The van der Waals surface area contributed by atoms with Crippen LogP contribution in [0, 0.1) is 12.8 Å². The Hall–Kier alpha value is -2.38. The van der Waals surface area contributed by atoms with Gasteiger partial charge in [0.05, 0.1) is 16.9 Å². The van der Waals surface area contributed by atoms with Crippen LogP contribution in [-0.4, -0.2) is 43.5 Å². The molecule has 30 heavy (non-hydrogen) atoms. The van der Waals surface area contributed by atoms with Crippen molar-refractivity contribution in [3.63, 3.8) is 0 Å². The highest BCUT2D eigenvalue weighted by molar-refractivity contribution is 7.89. The van der Waals surface area contributed by atoms with E-state index in [1.165, 1.54) is 4.31 Å². The van der Waals surface area contributed by atoms with Gasteiger partial charge in [-0.25, -0.2) is 8.42 Å². The van der Waals surface area contributed by atoms with Crippen molar-refractivity contribution in [2.75, 3.05) is 13.2 Å². The summed E-state index contributed by atoms with van der Waals surface area (Å²) in [5.74, 6) is -0.256. The minimum absolute atomic E-state index is 0.0773. The Kier molecular flexibility index (Phi) is 6.53. The Bertz CT molecular complexity index is 965. The molecule has 0 aromatic heterocycles. The van der Waals surface area contributed by atoms with Crippen molar-refractivity contribution in [1.29, 1.82) is 0 Å². The van der Waals surface area contributed by atoms with Gasteiger partial charge in [0, 0.05) is 6.54 Å². The van der Waals surface area contributed by atoms with E-state index in [0.29, 0.717) is 12.2 Å². The van der Waals surface area contributed by atoms with Crippen LogP contribution in [-0.2, 0) is 19.6 Å². The summed E-state index contributed by atoms with van der Waals surface area (Å²) in [5.41, 5.74) is 0.349. The zero-order valence-electron chi connectivity index (χ0n) is 17.9. The molecule has 162 valence electrons. The molecule has 0 aliphatic carbocycles. The number of carbonyl (C=O) groups excluding carboxylic acids is 1. The number of hydrogen-bond acceptors (Lipinski definition) is 5. The van der Waals surface area contributed by atoms with E-state index in [-0.39, 0.29) is 24.0 Å². The second-order valence-corrected chi connectivity index (χ2v) is 10.5. The van der Waals surface area contributed by atoms with Gasteiger partial charge in [-0.1, -0.05) is 35.9 Å². The number of ether oxygens (including phenoxy) is 2. The molecular weight excluding hydrogens is 402 g/mol. The average Bonchev–Trinajstić information content (AvgIpc) is 3.12. The first-order valence-corrected chi connectivity index (χ1v) is 11.5. The van der Waals surface area contributed by atoms with Crippen molar-refractivity contribution in [3.05, 3.63) is 60.2 Å². The van der Waals surface area contributed by atoms with Gasteiger partial charge in [-0.3, -0.25) is 4.79 Å². The summed E-state index contributed by atoms with van der Waals surface area (Å²) >= 11 is 0. The predicted octanol–water partition coefficient (Wildman–Crippen LogP) is 3.79. The molecule has 0 N–H and O–H groups in total. The highest BCUT2D eigenvalue weighted by Crippen LogP contribution is 2.32. The van der Waals surface area contributed by atoms with Crippen LogP contribution in [0.5, 0.6) is 5.75 Å². The van der Waals surface area contributed by atoms with Crippen LogP contribution < -0.4 is 4.74 Å². The lowest BCUT2D eigenvalue weighted by molar-refractivity contribution is -0.159. The SMILES string of the molecule is Cc1ccc(S(=O)(=O)N2C[C@@H](C(=O)OC(C)(C)C)C[C@H]2COc2ccccc2)cc1. The summed E-state index contributed by atoms with van der Waals surface area (Å²) in [6, 6.07) is 15.5. The summed E-state index contributed by atoms with van der Waals surface area (Å²) in [4.78, 5) is 12.9. The fourth-order valence-corrected chi connectivity index (χ4v) is 5.11. The van der Waals surface area contributed by atoms with Gasteiger partial charge in [0.15, 0.2) is 0 Å². The standard InChI is InChI=1S/C23H29NO5S/c1-17-10-12-21(13-11-17)30(26,27)24-15-18(22(25)29-23(2,3)4)14-19(24)16-28-20-8-6-5-7-9-20/h5-13,18-19H,14-16H2,1-4H3/t18-,19-/m0/s1. The predicted molar refractivity (Wildman–Crippen MR) is 115 cm³/mol. The largest absolute Gasteiger partial charge is 0.492 e. The fourth-order valence-electron chi connectivity index (χ4n) is 3.44. The Morgan fingerprint density at radius 3 is 2.30 bits per heavy atom. The van der Waals surface area contributed by atoms with E-state index >= 15 is 0 Å². The quantitative estimate of drug-likeness (QED) is 0.651. The maximum atomic E-state index is 13.3. The molecule has 0 saturated carbocycles. The molecule has 7 heteroatoms. The van der Waals surface area contributed by atoms with E-state index < -0.39 is 27.6 Å². The highest BCUT2D eigenvalue weighted by atomic mass is 32.2. The van der Waals surface area contributed by atoms with Crippen LogP contribution in [0.3, 0.4) is 0 Å². The second-order valence-electron chi connectivity index (χ2n) is 8.63. The summed E-state index contributed by atoms with van der Waals surface area (Å²) in [5, 5.41) is 0. The number of para-hydroxylation sites is 1. The number of nitrogens with zero attached hydrogens (tertiary/aromatic N) is 1. The summed E-state index contributed by atoms with van der Waals surface area (Å²) in [7, 11) is -3.77. The summed E-state index contributed by atoms with van der Waals surface area (Å²) < 4.78 is 39.4. The van der Waals surface area contributed by atoms with Gasteiger partial charge in [-0.05, 0) is 58.4 Å². The van der Waals surface area contributed by atoms with Crippen molar-refractivity contribution >= 4 is 16.0 Å². The Balaban J connectivity index is 1.84. The van der Waals surface area contributed by atoms with Gasteiger partial charge in [-0.2, -0.15) is 4.31 Å². The number of benzene rings is 2. The van der Waals surface area contributed by atoms with E-state index in [2.05, 4.69) is 0 Å². The molecule has 3 rings (SSSR count). The first-order chi connectivity index (χ1) is 14.1. The molecule has 1 saturated heterocycles. The molecule has 0 spiro atoms. The Labute approximate surface area is 178 Å². The summed E-state index contributed by atoms with van der Waals surface area (Å²) in [6.45, 7) is 7.55. The zero-order chi connectivity index (χ0) is 21.9. The minimum atomic E-state index is -3.77. The number of rotatable bonds is 6. The third kappa shape index (κ3) is 5.40. The molecular formula is C23H29NO5S. The van der Waals surface area contributed by atoms with E-state index in [1.54, 1.807) is 45.0 Å².